The maximum atomic E-state index is 14.6. The molecule has 0 bridgehead atoms. The van der Waals surface area contributed by atoms with Crippen LogP contribution in [0.5, 0.6) is 0 Å². The fourth-order valence-electron chi connectivity index (χ4n) is 4.17. The molecule has 1 aromatic carbocycles. The van der Waals surface area contributed by atoms with Gasteiger partial charge in [0.15, 0.2) is 0 Å². The fourth-order valence-corrected chi connectivity index (χ4v) is 4.17. The Hall–Kier alpha value is -4.40. The summed E-state index contributed by atoms with van der Waals surface area (Å²) in [5, 5.41) is 4.31. The molecule has 0 N–H and O–H groups in total. The highest BCUT2D eigenvalue weighted by atomic mass is 19.1. The van der Waals surface area contributed by atoms with Crippen LogP contribution in [-0.4, -0.2) is 36.7 Å². The number of esters is 1. The summed E-state index contributed by atoms with van der Waals surface area (Å²) in [5.74, 6) is -1.86. The van der Waals surface area contributed by atoms with Crippen LogP contribution < -0.4 is 0 Å². The van der Waals surface area contributed by atoms with E-state index in [2.05, 4.69) is 15.1 Å². The molecule has 0 atom stereocenters. The Balaban J connectivity index is 1.62. The minimum atomic E-state index is -0.739. The van der Waals surface area contributed by atoms with Gasteiger partial charge in [0, 0.05) is 41.7 Å². The number of nitrogens with zero attached hydrogens (tertiary/aromatic N) is 5. The molecule has 9 heteroatoms. The number of aromatic nitrogens is 5. The Kier molecular flexibility index (Phi) is 6.05. The number of hydrogen-bond acceptors (Lipinski definition) is 5. The van der Waals surface area contributed by atoms with E-state index in [1.807, 2.05) is 47.6 Å². The lowest BCUT2D eigenvalue weighted by Crippen LogP contribution is -2.09. The predicted molar refractivity (Wildman–Crippen MR) is 131 cm³/mol. The maximum absolute atomic E-state index is 14.6. The Morgan fingerprint density at radius 1 is 1.03 bits per heavy atom. The molecule has 7 nitrogen and oxygen atoms in total. The second-order valence-electron chi connectivity index (χ2n) is 8.39. The van der Waals surface area contributed by atoms with Crippen molar-refractivity contribution in [1.82, 2.24) is 24.1 Å². The van der Waals surface area contributed by atoms with Gasteiger partial charge < -0.3 is 4.74 Å². The van der Waals surface area contributed by atoms with Gasteiger partial charge in [-0.3, -0.25) is 18.9 Å². The van der Waals surface area contributed by atoms with Gasteiger partial charge in [-0.2, -0.15) is 5.10 Å². The van der Waals surface area contributed by atoms with Crippen LogP contribution in [-0.2, 0) is 23.0 Å². The Morgan fingerprint density at radius 2 is 1.86 bits per heavy atom. The van der Waals surface area contributed by atoms with E-state index in [0.717, 1.165) is 28.6 Å². The third-order valence-corrected chi connectivity index (χ3v) is 6.07. The molecular formula is C27H23F2N5O2. The largest absolute Gasteiger partial charge is 0.466 e. The van der Waals surface area contributed by atoms with Gasteiger partial charge in [0.1, 0.15) is 17.3 Å². The summed E-state index contributed by atoms with van der Waals surface area (Å²) in [5.41, 5.74) is 5.97. The van der Waals surface area contributed by atoms with E-state index >= 15 is 0 Å². The van der Waals surface area contributed by atoms with Crippen molar-refractivity contribution >= 4 is 11.6 Å². The van der Waals surface area contributed by atoms with E-state index in [0.29, 0.717) is 16.9 Å². The second kappa shape index (κ2) is 9.33. The number of ether oxygens (including phenoxy) is 1. The molecule has 0 unspecified atom stereocenters. The summed E-state index contributed by atoms with van der Waals surface area (Å²) >= 11 is 0. The zero-order valence-electron chi connectivity index (χ0n) is 20.0. The van der Waals surface area contributed by atoms with Crippen molar-refractivity contribution in [3.05, 3.63) is 84.1 Å². The van der Waals surface area contributed by atoms with Crippen LogP contribution in [0.15, 0.2) is 61.1 Å². The average Bonchev–Trinajstić information content (AvgIpc) is 3.41. The van der Waals surface area contributed by atoms with E-state index in [1.54, 1.807) is 25.3 Å². The second-order valence-corrected chi connectivity index (χ2v) is 8.39. The first-order chi connectivity index (χ1) is 17.3. The molecule has 5 rings (SSSR count). The van der Waals surface area contributed by atoms with Crippen LogP contribution in [0.2, 0.25) is 0 Å². The molecule has 0 aliphatic heterocycles. The topological polar surface area (TPSA) is 74.3 Å². The molecular weight excluding hydrogens is 464 g/mol. The number of imidazole rings is 1. The lowest BCUT2D eigenvalue weighted by atomic mass is 10.0. The summed E-state index contributed by atoms with van der Waals surface area (Å²) in [6.45, 7) is 3.96. The smallest absolute Gasteiger partial charge is 0.311 e. The molecule has 0 saturated carbocycles. The van der Waals surface area contributed by atoms with E-state index in [9.17, 15) is 13.6 Å². The summed E-state index contributed by atoms with van der Waals surface area (Å²) in [7, 11) is 1.89. The highest BCUT2D eigenvalue weighted by Gasteiger charge is 2.16. The fraction of sp³-hybridized carbons (Fsp3) is 0.185. The number of hydrogen-bond donors (Lipinski definition) is 0. The normalized spacial score (nSPS) is 11.2. The summed E-state index contributed by atoms with van der Waals surface area (Å²) < 4.78 is 36.9. The number of carbonyl (C=O) groups is 1. The molecule has 0 amide bonds. The molecule has 0 radical (unpaired) electrons. The van der Waals surface area contributed by atoms with Gasteiger partial charge >= 0.3 is 5.97 Å². The van der Waals surface area contributed by atoms with E-state index in [1.165, 1.54) is 12.1 Å². The molecule has 36 heavy (non-hydrogen) atoms. The predicted octanol–water partition coefficient (Wildman–Crippen LogP) is 5.16. The maximum Gasteiger partial charge on any atom is 0.311 e. The SMILES string of the molecule is CCOC(=O)Cc1cc(-c2cnc3cc(-c4cnn(C)c4C)ccn23)cc(-c2ccc(F)cc2F)n1. The van der Waals surface area contributed by atoms with Gasteiger partial charge in [-0.25, -0.2) is 13.8 Å². The van der Waals surface area contributed by atoms with Gasteiger partial charge in [0.2, 0.25) is 0 Å². The lowest BCUT2D eigenvalue weighted by Gasteiger charge is -2.11. The van der Waals surface area contributed by atoms with E-state index in [-0.39, 0.29) is 24.3 Å². The van der Waals surface area contributed by atoms with E-state index < -0.39 is 17.6 Å². The number of aryl methyl sites for hydroxylation is 1. The van der Waals surface area contributed by atoms with Gasteiger partial charge in [-0.15, -0.1) is 0 Å². The highest BCUT2D eigenvalue weighted by molar-refractivity contribution is 5.76. The highest BCUT2D eigenvalue weighted by Crippen LogP contribution is 2.30. The third-order valence-electron chi connectivity index (χ3n) is 6.07. The molecule has 0 spiro atoms. The monoisotopic (exact) mass is 487 g/mol. The number of halogens is 2. The molecule has 0 fully saturated rings. The molecule has 4 heterocycles. The van der Waals surface area contributed by atoms with Gasteiger partial charge in [-0.05, 0) is 55.8 Å². The minimum absolute atomic E-state index is 0.0847. The number of fused-ring (bicyclic) bond motifs is 1. The zero-order valence-corrected chi connectivity index (χ0v) is 20.0. The molecule has 0 aliphatic carbocycles. The molecule has 4 aromatic heterocycles. The van der Waals surface area contributed by atoms with Crippen LogP contribution >= 0.6 is 0 Å². The summed E-state index contributed by atoms with van der Waals surface area (Å²) in [6.07, 6.45) is 5.35. The van der Waals surface area contributed by atoms with Gasteiger partial charge in [0.05, 0.1) is 42.5 Å². The number of rotatable bonds is 6. The van der Waals surface area contributed by atoms with Crippen molar-refractivity contribution in [3.63, 3.8) is 0 Å². The quantitative estimate of drug-likeness (QED) is 0.310. The Labute approximate surface area is 206 Å². The minimum Gasteiger partial charge on any atom is -0.466 e. The summed E-state index contributed by atoms with van der Waals surface area (Å²) in [4.78, 5) is 21.2. The van der Waals surface area contributed by atoms with Crippen molar-refractivity contribution in [1.29, 1.82) is 0 Å². The van der Waals surface area contributed by atoms with Crippen LogP contribution in [0, 0.1) is 18.6 Å². The third kappa shape index (κ3) is 4.35. The molecule has 5 aromatic rings. The first kappa shape index (κ1) is 23.3. The van der Waals surface area contributed by atoms with Crippen LogP contribution in [0.1, 0.15) is 18.3 Å². The molecule has 0 saturated heterocycles. The average molecular weight is 488 g/mol. The van der Waals surface area contributed by atoms with E-state index in [4.69, 9.17) is 4.74 Å². The Bertz CT molecular complexity index is 1610. The standard InChI is InChI=1S/C27H23F2N5O2/c1-4-36-27(35)13-20-9-18(10-24(32-20)21-6-5-19(28)12-23(21)29)25-15-30-26-11-17(7-8-34(25)26)22-14-31-33(3)16(22)2/h5-12,14-15H,4,13H2,1-3H3. The van der Waals surface area contributed by atoms with Crippen molar-refractivity contribution in [3.8, 4) is 33.6 Å². The zero-order chi connectivity index (χ0) is 25.4. The van der Waals surface area contributed by atoms with Crippen molar-refractivity contribution in [2.75, 3.05) is 6.61 Å². The van der Waals surface area contributed by atoms with Crippen molar-refractivity contribution < 1.29 is 18.3 Å². The van der Waals surface area contributed by atoms with Crippen molar-refractivity contribution in [2.24, 2.45) is 7.05 Å². The Morgan fingerprint density at radius 3 is 2.58 bits per heavy atom. The van der Waals surface area contributed by atoms with Gasteiger partial charge in [-0.1, -0.05) is 0 Å². The van der Waals surface area contributed by atoms with Crippen LogP contribution in [0.25, 0.3) is 39.3 Å². The van der Waals surface area contributed by atoms with Gasteiger partial charge in [0.25, 0.3) is 0 Å². The van der Waals surface area contributed by atoms with Crippen molar-refractivity contribution in [2.45, 2.75) is 20.3 Å². The summed E-state index contributed by atoms with van der Waals surface area (Å²) in [6, 6.07) is 10.7. The number of carbonyl (C=O) groups excluding carboxylic acids is 1. The van der Waals surface area contributed by atoms with Crippen LogP contribution in [0.4, 0.5) is 8.78 Å². The van der Waals surface area contributed by atoms with Crippen LogP contribution in [0.3, 0.4) is 0 Å². The molecule has 182 valence electrons. The first-order valence-electron chi connectivity index (χ1n) is 11.4. The lowest BCUT2D eigenvalue weighted by molar-refractivity contribution is -0.142. The molecule has 0 aliphatic rings. The first-order valence-corrected chi connectivity index (χ1v) is 11.4. The number of benzene rings is 1. The number of pyridine rings is 2.